The Morgan fingerprint density at radius 2 is 1.79 bits per heavy atom. The molecule has 1 saturated heterocycles. The summed E-state index contributed by atoms with van der Waals surface area (Å²) >= 11 is 7.02. The van der Waals surface area contributed by atoms with Crippen molar-refractivity contribution >= 4 is 57.2 Å². The first-order valence-electron chi connectivity index (χ1n) is 8.47. The number of fused-ring (bicyclic) bond motifs is 1. The lowest BCUT2D eigenvalue weighted by atomic mass is 10.1. The summed E-state index contributed by atoms with van der Waals surface area (Å²) in [6, 6.07) is 12.1. The highest BCUT2D eigenvalue weighted by molar-refractivity contribution is 8.19. The second-order valence-corrected chi connectivity index (χ2v) is 7.96. The van der Waals surface area contributed by atoms with Crippen LogP contribution in [0.15, 0.2) is 56.6 Å². The molecule has 1 aliphatic heterocycles. The first-order valence-corrected chi connectivity index (χ1v) is 9.66. The van der Waals surface area contributed by atoms with Crippen molar-refractivity contribution in [1.82, 2.24) is 0 Å². The predicted molar refractivity (Wildman–Crippen MR) is 114 cm³/mol. The number of anilines is 1. The smallest absolute Gasteiger partial charge is 0.336 e. The van der Waals surface area contributed by atoms with Gasteiger partial charge in [-0.2, -0.15) is 0 Å². The molecular weight excluding hydrogens is 396 g/mol. The number of benzene rings is 2. The monoisotopic (exact) mass is 410 g/mol. The molecule has 7 heteroatoms. The normalized spacial score (nSPS) is 15.8. The molecular formula is C21H15ClN2O3S. The van der Waals surface area contributed by atoms with E-state index in [-0.39, 0.29) is 11.1 Å². The van der Waals surface area contributed by atoms with Crippen LogP contribution in [0.1, 0.15) is 16.7 Å². The number of nitrogens with zero attached hydrogens (tertiary/aromatic N) is 1. The minimum atomic E-state index is -0.411. The molecule has 1 aliphatic rings. The van der Waals surface area contributed by atoms with Gasteiger partial charge in [-0.25, -0.2) is 4.79 Å². The maximum atomic E-state index is 13.0. The molecule has 0 radical (unpaired) electrons. The van der Waals surface area contributed by atoms with E-state index >= 15 is 0 Å². The van der Waals surface area contributed by atoms with Gasteiger partial charge in [-0.1, -0.05) is 23.7 Å². The van der Waals surface area contributed by atoms with Crippen LogP contribution < -0.4 is 10.5 Å². The molecule has 2 heterocycles. The van der Waals surface area contributed by atoms with Crippen LogP contribution in [0, 0.1) is 19.3 Å². The molecule has 2 aromatic carbocycles. The summed E-state index contributed by atoms with van der Waals surface area (Å²) < 4.78 is 5.26. The Kier molecular flexibility index (Phi) is 4.61. The Morgan fingerprint density at radius 3 is 2.50 bits per heavy atom. The number of hydrogen-bond donors (Lipinski definition) is 1. The van der Waals surface area contributed by atoms with Gasteiger partial charge in [-0.05, 0) is 72.6 Å². The van der Waals surface area contributed by atoms with Crippen molar-refractivity contribution in [3.8, 4) is 0 Å². The summed E-state index contributed by atoms with van der Waals surface area (Å²) in [4.78, 5) is 26.5. The second-order valence-electron chi connectivity index (χ2n) is 6.49. The molecule has 0 saturated carbocycles. The molecule has 4 rings (SSSR count). The van der Waals surface area contributed by atoms with E-state index < -0.39 is 5.63 Å². The van der Waals surface area contributed by atoms with Gasteiger partial charge in [-0.3, -0.25) is 15.1 Å². The number of nitrogens with one attached hydrogen (secondary N) is 1. The molecule has 3 aromatic rings. The van der Waals surface area contributed by atoms with Crippen LogP contribution >= 0.6 is 23.4 Å². The standard InChI is InChI=1S/C21H15ClN2O3S/c1-11-8-19(25)27-17-7-12(2)16(10-15(11)17)24-20(26)18(28-21(24)23)9-13-3-5-14(22)6-4-13/h3-10,23H,1-2H3/b18-9-,23-21?. The highest BCUT2D eigenvalue weighted by atomic mass is 35.5. The summed E-state index contributed by atoms with van der Waals surface area (Å²) in [5.41, 5.74) is 3.00. The molecule has 5 nitrogen and oxygen atoms in total. The number of amides is 1. The van der Waals surface area contributed by atoms with Crippen LogP contribution in [0.4, 0.5) is 5.69 Å². The van der Waals surface area contributed by atoms with Gasteiger partial charge in [0.1, 0.15) is 5.58 Å². The zero-order chi connectivity index (χ0) is 20.0. The van der Waals surface area contributed by atoms with Crippen molar-refractivity contribution in [3.63, 3.8) is 0 Å². The van der Waals surface area contributed by atoms with Crippen molar-refractivity contribution in [2.75, 3.05) is 4.90 Å². The number of aryl methyl sites for hydroxylation is 2. The molecule has 0 unspecified atom stereocenters. The van der Waals surface area contributed by atoms with Crippen molar-refractivity contribution in [3.05, 3.63) is 79.5 Å². The van der Waals surface area contributed by atoms with Crippen LogP contribution in [0.3, 0.4) is 0 Å². The lowest BCUT2D eigenvalue weighted by Gasteiger charge is -2.18. The number of carbonyl (C=O) groups is 1. The first kappa shape index (κ1) is 18.5. The van der Waals surface area contributed by atoms with E-state index in [1.165, 1.54) is 11.0 Å². The molecule has 1 amide bonds. The third-order valence-corrected chi connectivity index (χ3v) is 5.64. The van der Waals surface area contributed by atoms with Crippen molar-refractivity contribution in [1.29, 1.82) is 5.41 Å². The van der Waals surface area contributed by atoms with Crippen molar-refractivity contribution in [2.45, 2.75) is 13.8 Å². The van der Waals surface area contributed by atoms with Crippen molar-refractivity contribution in [2.24, 2.45) is 0 Å². The van der Waals surface area contributed by atoms with Crippen LogP contribution in [0.2, 0.25) is 5.02 Å². The molecule has 0 spiro atoms. The second kappa shape index (κ2) is 6.96. The first-order chi connectivity index (χ1) is 13.3. The minimum Gasteiger partial charge on any atom is -0.423 e. The maximum Gasteiger partial charge on any atom is 0.336 e. The fourth-order valence-electron chi connectivity index (χ4n) is 3.11. The number of rotatable bonds is 2. The van der Waals surface area contributed by atoms with E-state index in [0.717, 1.165) is 33.8 Å². The molecule has 1 fully saturated rings. The largest absolute Gasteiger partial charge is 0.423 e. The van der Waals surface area contributed by atoms with Gasteiger partial charge >= 0.3 is 5.63 Å². The van der Waals surface area contributed by atoms with Gasteiger partial charge in [0.05, 0.1) is 10.6 Å². The zero-order valence-corrected chi connectivity index (χ0v) is 16.6. The summed E-state index contributed by atoms with van der Waals surface area (Å²) in [6.45, 7) is 3.64. The Hall–Kier alpha value is -2.83. The highest BCUT2D eigenvalue weighted by Crippen LogP contribution is 2.38. The number of thioether (sulfide) groups is 1. The van der Waals surface area contributed by atoms with Gasteiger partial charge in [-0.15, -0.1) is 0 Å². The fraction of sp³-hybridized carbons (Fsp3) is 0.0952. The Balaban J connectivity index is 1.78. The summed E-state index contributed by atoms with van der Waals surface area (Å²) in [5.74, 6) is -0.262. The molecule has 0 atom stereocenters. The molecule has 28 heavy (non-hydrogen) atoms. The van der Waals surface area contributed by atoms with E-state index in [2.05, 4.69) is 0 Å². The van der Waals surface area contributed by atoms with E-state index in [1.54, 1.807) is 30.3 Å². The summed E-state index contributed by atoms with van der Waals surface area (Å²) in [6.07, 6.45) is 1.75. The Bertz CT molecular complexity index is 1230. The maximum absolute atomic E-state index is 13.0. The third-order valence-electron chi connectivity index (χ3n) is 4.50. The molecule has 1 N–H and O–H groups in total. The Labute approximate surface area is 170 Å². The molecule has 140 valence electrons. The lowest BCUT2D eigenvalue weighted by molar-refractivity contribution is -0.113. The number of hydrogen-bond acceptors (Lipinski definition) is 5. The SMILES string of the molecule is Cc1cc2oc(=O)cc(C)c2cc1N1C(=N)S/C(=C\c2ccc(Cl)cc2)C1=O. The van der Waals surface area contributed by atoms with E-state index in [4.69, 9.17) is 21.4 Å². The summed E-state index contributed by atoms with van der Waals surface area (Å²) in [5, 5.41) is 9.81. The average molecular weight is 411 g/mol. The van der Waals surface area contributed by atoms with E-state index in [0.29, 0.717) is 21.2 Å². The van der Waals surface area contributed by atoms with Crippen LogP contribution in [0.25, 0.3) is 17.0 Å². The molecule has 0 bridgehead atoms. The van der Waals surface area contributed by atoms with E-state index in [9.17, 15) is 9.59 Å². The number of carbonyl (C=O) groups excluding carboxylic acids is 1. The van der Waals surface area contributed by atoms with Crippen LogP contribution in [-0.2, 0) is 4.79 Å². The van der Waals surface area contributed by atoms with Gasteiger partial charge < -0.3 is 4.42 Å². The van der Waals surface area contributed by atoms with Gasteiger partial charge in [0.2, 0.25) is 0 Å². The van der Waals surface area contributed by atoms with E-state index in [1.807, 2.05) is 26.0 Å². The van der Waals surface area contributed by atoms with Crippen molar-refractivity contribution < 1.29 is 9.21 Å². The zero-order valence-electron chi connectivity index (χ0n) is 15.1. The fourth-order valence-corrected chi connectivity index (χ4v) is 4.09. The average Bonchev–Trinajstić information content (AvgIpc) is 2.90. The third kappa shape index (κ3) is 3.25. The minimum absolute atomic E-state index is 0.128. The number of halogens is 1. The quantitative estimate of drug-likeness (QED) is 0.470. The van der Waals surface area contributed by atoms with Gasteiger partial charge in [0, 0.05) is 16.5 Å². The highest BCUT2D eigenvalue weighted by Gasteiger charge is 2.34. The van der Waals surface area contributed by atoms with Gasteiger partial charge in [0.15, 0.2) is 5.17 Å². The molecule has 1 aromatic heterocycles. The number of amidine groups is 1. The van der Waals surface area contributed by atoms with Crippen LogP contribution in [0.5, 0.6) is 0 Å². The summed E-state index contributed by atoms with van der Waals surface area (Å²) in [7, 11) is 0. The topological polar surface area (TPSA) is 74.4 Å². The van der Waals surface area contributed by atoms with Gasteiger partial charge in [0.25, 0.3) is 5.91 Å². The van der Waals surface area contributed by atoms with Crippen LogP contribution in [-0.4, -0.2) is 11.1 Å². The lowest BCUT2D eigenvalue weighted by Crippen LogP contribution is -2.28. The predicted octanol–water partition coefficient (Wildman–Crippen LogP) is 5.12. The molecule has 0 aliphatic carbocycles. The Morgan fingerprint density at radius 1 is 1.07 bits per heavy atom.